The summed E-state index contributed by atoms with van der Waals surface area (Å²) in [5, 5.41) is 0. The Labute approximate surface area is 96.9 Å². The van der Waals surface area contributed by atoms with Crippen molar-refractivity contribution < 1.29 is 9.31 Å². The topological polar surface area (TPSA) is 12.2 Å². The Morgan fingerprint density at radius 2 is 1.94 bits per heavy atom. The maximum Gasteiger partial charge on any atom is 0.298 e. The molecule has 0 saturated heterocycles. The minimum Gasteiger partial charge on any atom is -0.438 e. The largest absolute Gasteiger partial charge is 0.438 e. The van der Waals surface area contributed by atoms with E-state index in [2.05, 4.69) is 36.8 Å². The average Bonchev–Trinajstić information content (AvgIpc) is 2.30. The van der Waals surface area contributed by atoms with Crippen LogP contribution in [-0.2, 0) is 4.74 Å². The Hall–Kier alpha value is -1.57. The number of nitrogens with zero attached hydrogens (tertiary/aromatic N) is 1. The standard InChI is InChI=1S/C14H18NO/c1-4-13-10-15(12(3)16-11(13)2)14-8-6-5-7-9-14/h5-10,12H,4H2,1-3H3/q+1. The predicted octanol–water partition coefficient (Wildman–Crippen LogP) is 3.46. The molecule has 1 atom stereocenters. The minimum absolute atomic E-state index is 0.0673. The van der Waals surface area contributed by atoms with Crippen molar-refractivity contribution in [3.63, 3.8) is 0 Å². The first-order valence-corrected chi connectivity index (χ1v) is 5.77. The lowest BCUT2D eigenvalue weighted by molar-refractivity contribution is -0.532. The molecule has 1 aromatic rings. The molecule has 2 rings (SSSR count). The Bertz CT molecular complexity index is 431. The highest BCUT2D eigenvalue weighted by molar-refractivity contribution is 5.76. The van der Waals surface area contributed by atoms with Crippen molar-refractivity contribution in [3.05, 3.63) is 41.7 Å². The van der Waals surface area contributed by atoms with E-state index in [4.69, 9.17) is 4.74 Å². The summed E-state index contributed by atoms with van der Waals surface area (Å²) in [6.45, 7) is 6.26. The van der Waals surface area contributed by atoms with Gasteiger partial charge in [-0.3, -0.25) is 0 Å². The van der Waals surface area contributed by atoms with Gasteiger partial charge in [-0.05, 0) is 13.3 Å². The summed E-state index contributed by atoms with van der Waals surface area (Å²) >= 11 is 0. The number of hydrogen-bond acceptors (Lipinski definition) is 1. The first-order chi connectivity index (χ1) is 7.72. The summed E-state index contributed by atoms with van der Waals surface area (Å²) in [7, 11) is 0. The van der Waals surface area contributed by atoms with Gasteiger partial charge in [0.25, 0.3) is 6.23 Å². The molecule has 1 heterocycles. The van der Waals surface area contributed by atoms with Crippen molar-refractivity contribution in [1.29, 1.82) is 0 Å². The third-order valence-electron chi connectivity index (χ3n) is 2.92. The van der Waals surface area contributed by atoms with Crippen molar-refractivity contribution in [2.75, 3.05) is 0 Å². The Kier molecular flexibility index (Phi) is 3.09. The molecule has 2 heteroatoms. The molecule has 0 radical (unpaired) electrons. The maximum atomic E-state index is 5.83. The van der Waals surface area contributed by atoms with Crippen molar-refractivity contribution in [2.45, 2.75) is 33.4 Å². The number of allylic oxidation sites excluding steroid dienone is 2. The van der Waals surface area contributed by atoms with Gasteiger partial charge in [-0.15, -0.1) is 0 Å². The molecule has 0 aromatic heterocycles. The lowest BCUT2D eigenvalue weighted by atomic mass is 10.1. The van der Waals surface area contributed by atoms with Crippen LogP contribution in [0, 0.1) is 0 Å². The van der Waals surface area contributed by atoms with Gasteiger partial charge in [-0.1, -0.05) is 25.1 Å². The van der Waals surface area contributed by atoms with Gasteiger partial charge in [-0.2, -0.15) is 4.58 Å². The van der Waals surface area contributed by atoms with E-state index in [1.165, 1.54) is 11.3 Å². The number of rotatable bonds is 2. The fourth-order valence-electron chi connectivity index (χ4n) is 1.98. The number of para-hydroxylation sites is 1. The quantitative estimate of drug-likeness (QED) is 0.689. The van der Waals surface area contributed by atoms with Gasteiger partial charge in [0, 0.05) is 19.1 Å². The summed E-state index contributed by atoms with van der Waals surface area (Å²) in [5.74, 6) is 1.04. The molecule has 0 amide bonds. The number of benzene rings is 1. The molecule has 2 nitrogen and oxygen atoms in total. The molecule has 0 N–H and O–H groups in total. The maximum absolute atomic E-state index is 5.83. The van der Waals surface area contributed by atoms with E-state index in [9.17, 15) is 0 Å². The van der Waals surface area contributed by atoms with Gasteiger partial charge in [-0.25, -0.2) is 0 Å². The lowest BCUT2D eigenvalue weighted by Crippen LogP contribution is -2.27. The molecule has 1 aromatic carbocycles. The molecule has 1 aliphatic rings. The lowest BCUT2D eigenvalue weighted by Gasteiger charge is -2.19. The smallest absolute Gasteiger partial charge is 0.298 e. The molecular weight excluding hydrogens is 198 g/mol. The minimum atomic E-state index is 0.0673. The second kappa shape index (κ2) is 4.52. The van der Waals surface area contributed by atoms with Crippen molar-refractivity contribution in [3.8, 4) is 0 Å². The summed E-state index contributed by atoms with van der Waals surface area (Å²) in [5.41, 5.74) is 2.44. The van der Waals surface area contributed by atoms with Gasteiger partial charge in [0.2, 0.25) is 5.69 Å². The highest BCUT2D eigenvalue weighted by Crippen LogP contribution is 2.22. The zero-order valence-corrected chi connectivity index (χ0v) is 10.1. The third-order valence-corrected chi connectivity index (χ3v) is 2.92. The number of ether oxygens (including phenoxy) is 1. The predicted molar refractivity (Wildman–Crippen MR) is 66.0 cm³/mol. The van der Waals surface area contributed by atoms with Crippen molar-refractivity contribution in [2.24, 2.45) is 0 Å². The Morgan fingerprint density at radius 1 is 1.25 bits per heavy atom. The molecule has 0 aliphatic carbocycles. The second-order valence-electron chi connectivity index (χ2n) is 4.02. The van der Waals surface area contributed by atoms with Gasteiger partial charge >= 0.3 is 0 Å². The first kappa shape index (κ1) is 10.9. The van der Waals surface area contributed by atoms with E-state index in [1.807, 2.05) is 25.1 Å². The fraction of sp³-hybridized carbons (Fsp3) is 0.357. The van der Waals surface area contributed by atoms with Crippen LogP contribution in [0.4, 0.5) is 5.69 Å². The summed E-state index contributed by atoms with van der Waals surface area (Å²) < 4.78 is 8.00. The van der Waals surface area contributed by atoms with Crippen LogP contribution in [0.2, 0.25) is 0 Å². The van der Waals surface area contributed by atoms with Crippen LogP contribution in [0.25, 0.3) is 0 Å². The van der Waals surface area contributed by atoms with Crippen LogP contribution in [0.3, 0.4) is 0 Å². The van der Waals surface area contributed by atoms with E-state index in [1.54, 1.807) is 0 Å². The van der Waals surface area contributed by atoms with E-state index in [0.29, 0.717) is 0 Å². The average molecular weight is 216 g/mol. The van der Waals surface area contributed by atoms with Crippen LogP contribution in [0.5, 0.6) is 0 Å². The zero-order chi connectivity index (χ0) is 11.5. The zero-order valence-electron chi connectivity index (χ0n) is 10.1. The number of hydrogen-bond donors (Lipinski definition) is 0. The van der Waals surface area contributed by atoms with Crippen molar-refractivity contribution >= 4 is 11.9 Å². The molecule has 0 spiro atoms. The molecule has 0 fully saturated rings. The van der Waals surface area contributed by atoms with E-state index < -0.39 is 0 Å². The molecule has 0 bridgehead atoms. The monoisotopic (exact) mass is 216 g/mol. The summed E-state index contributed by atoms with van der Waals surface area (Å²) in [4.78, 5) is 0. The Balaban J connectivity index is 2.41. The van der Waals surface area contributed by atoms with E-state index >= 15 is 0 Å². The highest BCUT2D eigenvalue weighted by atomic mass is 16.5. The van der Waals surface area contributed by atoms with Crippen LogP contribution >= 0.6 is 0 Å². The van der Waals surface area contributed by atoms with Crippen LogP contribution < -0.4 is 0 Å². The highest BCUT2D eigenvalue weighted by Gasteiger charge is 2.25. The van der Waals surface area contributed by atoms with E-state index in [0.717, 1.165) is 12.2 Å². The van der Waals surface area contributed by atoms with Crippen LogP contribution in [-0.4, -0.2) is 17.0 Å². The fourth-order valence-corrected chi connectivity index (χ4v) is 1.98. The Morgan fingerprint density at radius 3 is 2.56 bits per heavy atom. The summed E-state index contributed by atoms with van der Waals surface area (Å²) in [6.07, 6.45) is 3.26. The molecule has 1 aliphatic heterocycles. The van der Waals surface area contributed by atoms with Crippen LogP contribution in [0.15, 0.2) is 41.7 Å². The molecular formula is C14H18NO+. The molecule has 16 heavy (non-hydrogen) atoms. The normalized spacial score (nSPS) is 20.4. The molecule has 0 saturated carbocycles. The summed E-state index contributed by atoms with van der Waals surface area (Å²) in [6, 6.07) is 10.3. The molecule has 1 unspecified atom stereocenters. The second-order valence-corrected chi connectivity index (χ2v) is 4.02. The van der Waals surface area contributed by atoms with Gasteiger partial charge in [0.05, 0.1) is 5.57 Å². The SMILES string of the molecule is CCC1=C(C)OC(C)[N+](c2ccccc2)=C1. The van der Waals surface area contributed by atoms with E-state index in [-0.39, 0.29) is 6.23 Å². The van der Waals surface area contributed by atoms with Gasteiger partial charge in [0.1, 0.15) is 5.76 Å². The van der Waals surface area contributed by atoms with Crippen LogP contribution in [0.1, 0.15) is 27.2 Å². The third kappa shape index (κ3) is 2.01. The van der Waals surface area contributed by atoms with Gasteiger partial charge in [0.15, 0.2) is 6.21 Å². The molecule has 84 valence electrons. The van der Waals surface area contributed by atoms with Gasteiger partial charge < -0.3 is 4.74 Å². The first-order valence-electron chi connectivity index (χ1n) is 5.77. The van der Waals surface area contributed by atoms with Crippen molar-refractivity contribution in [1.82, 2.24) is 0 Å².